The van der Waals surface area contributed by atoms with Crippen LogP contribution in [0.4, 0.5) is 4.79 Å². The molecule has 2 aromatic rings. The van der Waals surface area contributed by atoms with Crippen molar-refractivity contribution in [3.05, 3.63) is 48.3 Å². The Kier molecular flexibility index (Phi) is 5.98. The van der Waals surface area contributed by atoms with E-state index in [1.165, 1.54) is 0 Å². The van der Waals surface area contributed by atoms with Crippen LogP contribution in [0.1, 0.15) is 26.3 Å². The highest BCUT2D eigenvalue weighted by Gasteiger charge is 2.20. The van der Waals surface area contributed by atoms with Crippen LogP contribution >= 0.6 is 0 Å². The van der Waals surface area contributed by atoms with Crippen LogP contribution in [0, 0.1) is 0 Å². The van der Waals surface area contributed by atoms with Crippen LogP contribution in [0.3, 0.4) is 0 Å². The average molecular weight is 330 g/mol. The van der Waals surface area contributed by atoms with E-state index >= 15 is 0 Å². The van der Waals surface area contributed by atoms with E-state index < -0.39 is 5.60 Å². The van der Waals surface area contributed by atoms with E-state index in [4.69, 9.17) is 0 Å². The van der Waals surface area contributed by atoms with Gasteiger partial charge in [-0.25, -0.2) is 9.48 Å². The molecule has 0 radical (unpaired) electrons. The number of nitrogens with one attached hydrogen (secondary N) is 1. The van der Waals surface area contributed by atoms with Crippen molar-refractivity contribution in [2.24, 2.45) is 0 Å². The van der Waals surface area contributed by atoms with Gasteiger partial charge < -0.3 is 15.3 Å². The Morgan fingerprint density at radius 2 is 2.04 bits per heavy atom. The Labute approximate surface area is 143 Å². The number of hydrogen-bond acceptors (Lipinski definition) is 3. The lowest BCUT2D eigenvalue weighted by molar-refractivity contribution is 0.0480. The van der Waals surface area contributed by atoms with Gasteiger partial charge in [-0.15, -0.1) is 0 Å². The van der Waals surface area contributed by atoms with Crippen molar-refractivity contribution in [3.8, 4) is 5.69 Å². The van der Waals surface area contributed by atoms with Gasteiger partial charge in [0.1, 0.15) is 0 Å². The van der Waals surface area contributed by atoms with Crippen LogP contribution in [0.15, 0.2) is 42.7 Å². The zero-order chi connectivity index (χ0) is 17.6. The minimum atomic E-state index is -0.893. The van der Waals surface area contributed by atoms with Gasteiger partial charge in [0.15, 0.2) is 0 Å². The molecule has 6 nitrogen and oxygen atoms in total. The Balaban J connectivity index is 1.82. The third kappa shape index (κ3) is 5.38. The second-order valence-electron chi connectivity index (χ2n) is 6.43. The average Bonchev–Trinajstić information content (AvgIpc) is 3.06. The van der Waals surface area contributed by atoms with E-state index in [1.807, 2.05) is 43.5 Å². The Morgan fingerprint density at radius 1 is 1.33 bits per heavy atom. The summed E-state index contributed by atoms with van der Waals surface area (Å²) in [6, 6.07) is 9.84. The predicted molar refractivity (Wildman–Crippen MR) is 94.2 cm³/mol. The van der Waals surface area contributed by atoms with Gasteiger partial charge in [0.25, 0.3) is 0 Å². The van der Waals surface area contributed by atoms with E-state index in [1.54, 1.807) is 29.6 Å². The summed E-state index contributed by atoms with van der Waals surface area (Å²) < 4.78 is 1.81. The van der Waals surface area contributed by atoms with Gasteiger partial charge >= 0.3 is 6.03 Å². The fourth-order valence-electron chi connectivity index (χ4n) is 2.46. The van der Waals surface area contributed by atoms with Crippen LogP contribution in [-0.4, -0.2) is 51.1 Å². The van der Waals surface area contributed by atoms with Crippen molar-refractivity contribution in [2.45, 2.75) is 32.8 Å². The molecule has 0 unspecified atom stereocenters. The number of benzene rings is 1. The molecule has 0 atom stereocenters. The van der Waals surface area contributed by atoms with Gasteiger partial charge in [-0.2, -0.15) is 5.10 Å². The summed E-state index contributed by atoms with van der Waals surface area (Å²) in [6.07, 6.45) is 4.40. The molecule has 1 aromatic carbocycles. The minimum Gasteiger partial charge on any atom is -0.389 e. The smallest absolute Gasteiger partial charge is 0.317 e. The molecule has 2 amide bonds. The van der Waals surface area contributed by atoms with Crippen molar-refractivity contribution in [1.29, 1.82) is 0 Å². The zero-order valence-electron chi connectivity index (χ0n) is 14.6. The van der Waals surface area contributed by atoms with Gasteiger partial charge in [-0.05, 0) is 51.0 Å². The summed E-state index contributed by atoms with van der Waals surface area (Å²) in [4.78, 5) is 13.8. The fourth-order valence-corrected chi connectivity index (χ4v) is 2.46. The van der Waals surface area contributed by atoms with Crippen molar-refractivity contribution in [3.63, 3.8) is 0 Å². The molecule has 0 saturated heterocycles. The van der Waals surface area contributed by atoms with E-state index in [0.29, 0.717) is 19.6 Å². The lowest BCUT2D eigenvalue weighted by atomic mass is 10.1. The van der Waals surface area contributed by atoms with Gasteiger partial charge in [0.2, 0.25) is 0 Å². The molecule has 2 rings (SSSR count). The number of hydrogen-bond donors (Lipinski definition) is 2. The number of urea groups is 1. The first-order valence-electron chi connectivity index (χ1n) is 8.23. The van der Waals surface area contributed by atoms with Crippen LogP contribution in [-0.2, 0) is 6.42 Å². The van der Waals surface area contributed by atoms with Gasteiger partial charge in [-0.1, -0.05) is 12.1 Å². The monoisotopic (exact) mass is 330 g/mol. The standard InChI is InChI=1S/C18H26N4O2/c1-4-21(14-18(2,3)24)17(23)19-12-10-15-6-8-16(9-7-15)22-13-5-11-20-22/h5-9,11,13,24H,4,10,12,14H2,1-3H3,(H,19,23). The SMILES string of the molecule is CCN(CC(C)(C)O)C(=O)NCCc1ccc(-n2cccn2)cc1. The lowest BCUT2D eigenvalue weighted by Gasteiger charge is -2.28. The molecule has 0 bridgehead atoms. The minimum absolute atomic E-state index is 0.146. The number of rotatable bonds is 7. The van der Waals surface area contributed by atoms with E-state index in [9.17, 15) is 9.90 Å². The molecular weight excluding hydrogens is 304 g/mol. The molecule has 1 aromatic heterocycles. The Hall–Kier alpha value is -2.34. The maximum absolute atomic E-state index is 12.1. The van der Waals surface area contributed by atoms with Crippen LogP contribution < -0.4 is 5.32 Å². The maximum atomic E-state index is 12.1. The molecule has 0 fully saturated rings. The number of likely N-dealkylation sites (N-methyl/N-ethyl adjacent to an activating group) is 1. The summed E-state index contributed by atoms with van der Waals surface area (Å²) in [7, 11) is 0. The molecule has 130 valence electrons. The molecule has 2 N–H and O–H groups in total. The topological polar surface area (TPSA) is 70.4 Å². The van der Waals surface area contributed by atoms with Crippen LogP contribution in [0.2, 0.25) is 0 Å². The van der Waals surface area contributed by atoms with Gasteiger partial charge in [0.05, 0.1) is 17.8 Å². The Bertz CT molecular complexity index is 630. The normalized spacial score (nSPS) is 11.3. The van der Waals surface area contributed by atoms with Crippen LogP contribution in [0.5, 0.6) is 0 Å². The van der Waals surface area contributed by atoms with Crippen molar-refractivity contribution >= 4 is 6.03 Å². The highest BCUT2D eigenvalue weighted by atomic mass is 16.3. The number of nitrogens with zero attached hydrogens (tertiary/aromatic N) is 3. The second kappa shape index (κ2) is 7.97. The highest BCUT2D eigenvalue weighted by Crippen LogP contribution is 2.09. The summed E-state index contributed by atoms with van der Waals surface area (Å²) in [5.74, 6) is 0. The zero-order valence-corrected chi connectivity index (χ0v) is 14.6. The molecule has 0 saturated carbocycles. The van der Waals surface area contributed by atoms with Crippen molar-refractivity contribution in [1.82, 2.24) is 20.0 Å². The van der Waals surface area contributed by atoms with Crippen LogP contribution in [0.25, 0.3) is 5.69 Å². The van der Waals surface area contributed by atoms with Gasteiger partial charge in [-0.3, -0.25) is 0 Å². The van der Waals surface area contributed by atoms with Crippen molar-refractivity contribution < 1.29 is 9.90 Å². The molecular formula is C18H26N4O2. The lowest BCUT2D eigenvalue weighted by Crippen LogP contribution is -2.47. The van der Waals surface area contributed by atoms with E-state index in [2.05, 4.69) is 10.4 Å². The first-order valence-corrected chi connectivity index (χ1v) is 8.23. The number of aliphatic hydroxyl groups is 1. The molecule has 0 aliphatic heterocycles. The third-order valence-corrected chi connectivity index (χ3v) is 3.64. The molecule has 24 heavy (non-hydrogen) atoms. The quantitative estimate of drug-likeness (QED) is 0.818. The molecule has 0 spiro atoms. The molecule has 6 heteroatoms. The largest absolute Gasteiger partial charge is 0.389 e. The number of amides is 2. The van der Waals surface area contributed by atoms with Crippen molar-refractivity contribution in [2.75, 3.05) is 19.6 Å². The third-order valence-electron chi connectivity index (χ3n) is 3.64. The highest BCUT2D eigenvalue weighted by molar-refractivity contribution is 5.74. The maximum Gasteiger partial charge on any atom is 0.317 e. The summed E-state index contributed by atoms with van der Waals surface area (Å²) in [5, 5.41) is 16.9. The molecule has 0 aliphatic rings. The first kappa shape index (κ1) is 18.0. The van der Waals surface area contributed by atoms with Gasteiger partial charge in [0, 0.05) is 25.5 Å². The summed E-state index contributed by atoms with van der Waals surface area (Å²) in [6.45, 7) is 6.73. The summed E-state index contributed by atoms with van der Waals surface area (Å²) in [5.41, 5.74) is 1.27. The fraction of sp³-hybridized carbons (Fsp3) is 0.444. The predicted octanol–water partition coefficient (Wildman–Crippen LogP) is 2.22. The number of carbonyl (C=O) groups excluding carboxylic acids is 1. The molecule has 1 heterocycles. The second-order valence-corrected chi connectivity index (χ2v) is 6.43. The van der Waals surface area contributed by atoms with E-state index in [-0.39, 0.29) is 6.03 Å². The summed E-state index contributed by atoms with van der Waals surface area (Å²) >= 11 is 0. The Morgan fingerprint density at radius 3 is 2.58 bits per heavy atom. The number of carbonyl (C=O) groups is 1. The first-order chi connectivity index (χ1) is 11.4. The van der Waals surface area contributed by atoms with E-state index in [0.717, 1.165) is 17.7 Å². The molecule has 0 aliphatic carbocycles. The number of aromatic nitrogens is 2.